The highest BCUT2D eigenvalue weighted by molar-refractivity contribution is 5.70. The lowest BCUT2D eigenvalue weighted by atomic mass is 10.0. The van der Waals surface area contributed by atoms with Gasteiger partial charge < -0.3 is 15.0 Å². The lowest BCUT2D eigenvalue weighted by Crippen LogP contribution is -2.26. The van der Waals surface area contributed by atoms with Crippen LogP contribution in [0.1, 0.15) is 24.4 Å². The molecule has 0 spiro atoms. The number of rotatable bonds is 2. The van der Waals surface area contributed by atoms with Gasteiger partial charge in [-0.15, -0.1) is 0 Å². The normalized spacial score (nSPS) is 19.1. The summed E-state index contributed by atoms with van der Waals surface area (Å²) in [6.45, 7) is 1.03. The molecule has 1 saturated heterocycles. The van der Waals surface area contributed by atoms with Crippen molar-refractivity contribution in [1.29, 1.82) is 0 Å². The molecule has 0 aliphatic carbocycles. The van der Waals surface area contributed by atoms with Gasteiger partial charge in [0.05, 0.1) is 0 Å². The molecule has 1 amide bonds. The Morgan fingerprint density at radius 1 is 1.41 bits per heavy atom. The summed E-state index contributed by atoms with van der Waals surface area (Å²) in [6.07, 6.45) is 1.92. The van der Waals surface area contributed by atoms with E-state index in [0.29, 0.717) is 11.8 Å². The van der Waals surface area contributed by atoms with E-state index < -0.39 is 0 Å². The summed E-state index contributed by atoms with van der Waals surface area (Å²) in [7, 11) is 3.36. The van der Waals surface area contributed by atoms with Gasteiger partial charge in [0.1, 0.15) is 5.75 Å². The summed E-state index contributed by atoms with van der Waals surface area (Å²) in [6, 6.07) is 8.03. The zero-order valence-electron chi connectivity index (χ0n) is 10.3. The molecular formula is C13H18N2O2. The van der Waals surface area contributed by atoms with Crippen molar-refractivity contribution in [2.75, 3.05) is 20.6 Å². The molecular weight excluding hydrogens is 216 g/mol. The van der Waals surface area contributed by atoms with Gasteiger partial charge in [-0.1, -0.05) is 18.2 Å². The maximum atomic E-state index is 11.6. The molecule has 1 aromatic rings. The quantitative estimate of drug-likeness (QED) is 0.852. The zero-order valence-corrected chi connectivity index (χ0v) is 10.3. The molecule has 1 aliphatic heterocycles. The van der Waals surface area contributed by atoms with Crippen LogP contribution in [0.2, 0.25) is 0 Å². The Kier molecular flexibility index (Phi) is 3.64. The third-order valence-corrected chi connectivity index (χ3v) is 2.92. The van der Waals surface area contributed by atoms with Gasteiger partial charge in [-0.3, -0.25) is 0 Å². The van der Waals surface area contributed by atoms with Crippen LogP contribution in [0.3, 0.4) is 0 Å². The maximum Gasteiger partial charge on any atom is 0.414 e. The second-order valence-corrected chi connectivity index (χ2v) is 4.45. The molecule has 92 valence electrons. The third kappa shape index (κ3) is 2.77. The van der Waals surface area contributed by atoms with Gasteiger partial charge in [0.2, 0.25) is 0 Å². The van der Waals surface area contributed by atoms with Crippen molar-refractivity contribution >= 4 is 6.09 Å². The van der Waals surface area contributed by atoms with Crippen LogP contribution in [-0.2, 0) is 0 Å². The lowest BCUT2D eigenvalue weighted by molar-refractivity contribution is 0.171. The van der Waals surface area contributed by atoms with Gasteiger partial charge in [-0.25, -0.2) is 4.79 Å². The number of benzene rings is 1. The highest BCUT2D eigenvalue weighted by Gasteiger charge is 2.21. The Morgan fingerprint density at radius 3 is 2.82 bits per heavy atom. The van der Waals surface area contributed by atoms with Crippen molar-refractivity contribution in [3.05, 3.63) is 29.8 Å². The van der Waals surface area contributed by atoms with E-state index in [4.69, 9.17) is 4.74 Å². The monoisotopic (exact) mass is 234 g/mol. The van der Waals surface area contributed by atoms with Crippen molar-refractivity contribution in [2.24, 2.45) is 0 Å². The van der Waals surface area contributed by atoms with Crippen molar-refractivity contribution in [3.8, 4) is 5.75 Å². The van der Waals surface area contributed by atoms with Crippen LogP contribution in [0.15, 0.2) is 24.3 Å². The van der Waals surface area contributed by atoms with Gasteiger partial charge in [-0.05, 0) is 25.5 Å². The number of hydrogen-bond acceptors (Lipinski definition) is 3. The maximum absolute atomic E-state index is 11.6. The van der Waals surface area contributed by atoms with Crippen molar-refractivity contribution in [2.45, 2.75) is 18.9 Å². The van der Waals surface area contributed by atoms with Crippen LogP contribution in [0.5, 0.6) is 5.75 Å². The fourth-order valence-electron chi connectivity index (χ4n) is 2.00. The van der Waals surface area contributed by atoms with Gasteiger partial charge in [0.25, 0.3) is 0 Å². The molecule has 1 fully saturated rings. The Morgan fingerprint density at radius 2 is 2.18 bits per heavy atom. The number of nitrogens with zero attached hydrogens (tertiary/aromatic N) is 1. The fourth-order valence-corrected chi connectivity index (χ4v) is 2.00. The number of amides is 1. The number of carbonyl (C=O) groups is 1. The van der Waals surface area contributed by atoms with Crippen molar-refractivity contribution in [1.82, 2.24) is 10.2 Å². The molecule has 4 heteroatoms. The highest BCUT2D eigenvalue weighted by atomic mass is 16.6. The Hall–Kier alpha value is -1.55. The second kappa shape index (κ2) is 5.19. The van der Waals surface area contributed by atoms with Gasteiger partial charge >= 0.3 is 6.09 Å². The first-order valence-corrected chi connectivity index (χ1v) is 5.90. The largest absolute Gasteiger partial charge is 0.414 e. The van der Waals surface area contributed by atoms with E-state index in [1.165, 1.54) is 11.3 Å². The van der Waals surface area contributed by atoms with E-state index >= 15 is 0 Å². The minimum absolute atomic E-state index is 0.307. The van der Waals surface area contributed by atoms with E-state index in [2.05, 4.69) is 5.32 Å². The van der Waals surface area contributed by atoms with Crippen LogP contribution < -0.4 is 10.1 Å². The molecule has 1 N–H and O–H groups in total. The molecule has 0 bridgehead atoms. The third-order valence-electron chi connectivity index (χ3n) is 2.92. The van der Waals surface area contributed by atoms with Gasteiger partial charge in [0.15, 0.2) is 0 Å². The molecule has 1 aliphatic rings. The van der Waals surface area contributed by atoms with Crippen molar-refractivity contribution < 1.29 is 9.53 Å². The Balaban J connectivity index is 2.18. The van der Waals surface area contributed by atoms with Crippen LogP contribution in [0, 0.1) is 0 Å². The van der Waals surface area contributed by atoms with E-state index in [9.17, 15) is 4.79 Å². The van der Waals surface area contributed by atoms with Gasteiger partial charge in [0, 0.05) is 25.7 Å². The van der Waals surface area contributed by atoms with E-state index in [1.54, 1.807) is 14.1 Å². The van der Waals surface area contributed by atoms with Crippen molar-refractivity contribution in [3.63, 3.8) is 0 Å². The number of para-hydroxylation sites is 1. The fraction of sp³-hybridized carbons (Fsp3) is 0.462. The molecule has 2 rings (SSSR count). The number of hydrogen-bond donors (Lipinski definition) is 1. The summed E-state index contributed by atoms with van der Waals surface area (Å²) in [4.78, 5) is 13.0. The number of nitrogens with one attached hydrogen (secondary N) is 1. The first-order valence-electron chi connectivity index (χ1n) is 5.90. The SMILES string of the molecule is CN(C)C(=O)Oc1ccccc1[C@H]1CCCN1. The number of ether oxygens (including phenoxy) is 1. The smallest absolute Gasteiger partial charge is 0.410 e. The predicted molar refractivity (Wildman–Crippen MR) is 66.1 cm³/mol. The van der Waals surface area contributed by atoms with E-state index in [1.807, 2.05) is 24.3 Å². The Bertz CT molecular complexity index is 398. The summed E-state index contributed by atoms with van der Waals surface area (Å²) in [5.74, 6) is 0.658. The summed E-state index contributed by atoms with van der Waals surface area (Å²) >= 11 is 0. The minimum Gasteiger partial charge on any atom is -0.410 e. The summed E-state index contributed by atoms with van der Waals surface area (Å²) in [5.41, 5.74) is 1.07. The Labute approximate surface area is 102 Å². The molecule has 4 nitrogen and oxygen atoms in total. The van der Waals surface area contributed by atoms with Crippen LogP contribution in [-0.4, -0.2) is 31.6 Å². The zero-order chi connectivity index (χ0) is 12.3. The molecule has 1 aromatic carbocycles. The van der Waals surface area contributed by atoms with E-state index in [-0.39, 0.29) is 6.09 Å². The standard InChI is InChI=1S/C13H18N2O2/c1-15(2)13(16)17-12-8-4-3-6-10(12)11-7-5-9-14-11/h3-4,6,8,11,14H,5,7,9H2,1-2H3/t11-/m1/s1. The minimum atomic E-state index is -0.338. The number of carbonyl (C=O) groups excluding carboxylic acids is 1. The average Bonchev–Trinajstić information content (AvgIpc) is 2.83. The molecule has 0 saturated carbocycles. The summed E-state index contributed by atoms with van der Waals surface area (Å²) < 4.78 is 5.37. The topological polar surface area (TPSA) is 41.6 Å². The highest BCUT2D eigenvalue weighted by Crippen LogP contribution is 2.30. The molecule has 0 radical (unpaired) electrons. The molecule has 1 heterocycles. The predicted octanol–water partition coefficient (Wildman–Crippen LogP) is 2.17. The summed E-state index contributed by atoms with van der Waals surface area (Å²) in [5, 5.41) is 3.41. The van der Waals surface area contributed by atoms with E-state index in [0.717, 1.165) is 18.5 Å². The first-order chi connectivity index (χ1) is 8.18. The molecule has 0 aromatic heterocycles. The van der Waals surface area contributed by atoms with Crippen LogP contribution in [0.4, 0.5) is 4.79 Å². The van der Waals surface area contributed by atoms with Crippen LogP contribution >= 0.6 is 0 Å². The lowest BCUT2D eigenvalue weighted by Gasteiger charge is -2.17. The van der Waals surface area contributed by atoms with Crippen LogP contribution in [0.25, 0.3) is 0 Å². The second-order valence-electron chi connectivity index (χ2n) is 4.45. The first kappa shape index (κ1) is 11.9. The van der Waals surface area contributed by atoms with Gasteiger partial charge in [-0.2, -0.15) is 0 Å². The molecule has 17 heavy (non-hydrogen) atoms. The molecule has 1 atom stereocenters. The molecule has 0 unspecified atom stereocenters. The average molecular weight is 234 g/mol.